The molecule has 0 aliphatic carbocycles. The lowest BCUT2D eigenvalue weighted by Gasteiger charge is -2.19. The molecule has 0 aliphatic rings. The van der Waals surface area contributed by atoms with Crippen LogP contribution in [-0.4, -0.2) is 41.5 Å². The largest absolute Gasteiger partial charge is 0.493 e. The highest BCUT2D eigenvalue weighted by Crippen LogP contribution is 2.19. The molecule has 6 nitrogen and oxygen atoms in total. The molecule has 0 aromatic heterocycles. The van der Waals surface area contributed by atoms with Gasteiger partial charge >= 0.3 is 0 Å². The van der Waals surface area contributed by atoms with Gasteiger partial charge in [0, 0.05) is 24.3 Å². The van der Waals surface area contributed by atoms with Gasteiger partial charge in [0.1, 0.15) is 5.75 Å². The summed E-state index contributed by atoms with van der Waals surface area (Å²) < 4.78 is 5.79. The molecule has 0 radical (unpaired) electrons. The summed E-state index contributed by atoms with van der Waals surface area (Å²) in [5, 5.41) is 5.81. The number of nitrogens with zero attached hydrogens (tertiary/aromatic N) is 1. The number of carbonyl (C=O) groups excluding carboxylic acids is 2. The molecule has 0 fully saturated rings. The van der Waals surface area contributed by atoms with Crippen molar-refractivity contribution in [3.05, 3.63) is 59.7 Å². The highest BCUT2D eigenvalue weighted by molar-refractivity contribution is 7.80. The minimum absolute atomic E-state index is 0.0453. The van der Waals surface area contributed by atoms with Gasteiger partial charge in [-0.2, -0.15) is 0 Å². The molecule has 7 heteroatoms. The van der Waals surface area contributed by atoms with E-state index in [0.717, 1.165) is 6.42 Å². The summed E-state index contributed by atoms with van der Waals surface area (Å²) in [5.74, 6) is 0.640. The van der Waals surface area contributed by atoms with Gasteiger partial charge in [-0.05, 0) is 68.7 Å². The number of hydrogen-bond acceptors (Lipinski definition) is 4. The Bertz CT molecular complexity index is 910. The zero-order chi connectivity index (χ0) is 22.8. The Kier molecular flexibility index (Phi) is 9.46. The molecule has 2 aromatic rings. The molecule has 0 atom stereocenters. The van der Waals surface area contributed by atoms with E-state index in [4.69, 9.17) is 17.0 Å². The van der Waals surface area contributed by atoms with E-state index in [2.05, 4.69) is 24.5 Å². The van der Waals surface area contributed by atoms with Crippen LogP contribution in [0.25, 0.3) is 0 Å². The van der Waals surface area contributed by atoms with Gasteiger partial charge in [-0.3, -0.25) is 14.9 Å². The Morgan fingerprint density at radius 2 is 1.77 bits per heavy atom. The molecule has 0 unspecified atom stereocenters. The van der Waals surface area contributed by atoms with Crippen molar-refractivity contribution < 1.29 is 14.3 Å². The van der Waals surface area contributed by atoms with Crippen molar-refractivity contribution in [1.29, 1.82) is 0 Å². The van der Waals surface area contributed by atoms with Crippen LogP contribution >= 0.6 is 12.2 Å². The molecule has 2 aromatic carbocycles. The predicted octanol–water partition coefficient (Wildman–Crippen LogP) is 4.72. The maximum absolute atomic E-state index is 12.7. The highest BCUT2D eigenvalue weighted by atomic mass is 32.1. The molecule has 0 aliphatic heterocycles. The fourth-order valence-electron chi connectivity index (χ4n) is 2.94. The Labute approximate surface area is 190 Å². The van der Waals surface area contributed by atoms with Gasteiger partial charge < -0.3 is 15.0 Å². The Hall–Kier alpha value is -2.93. The van der Waals surface area contributed by atoms with Crippen molar-refractivity contribution in [2.75, 3.05) is 25.0 Å². The van der Waals surface area contributed by atoms with Crippen LogP contribution in [0.4, 0.5) is 5.69 Å². The van der Waals surface area contributed by atoms with E-state index in [1.54, 1.807) is 47.4 Å². The summed E-state index contributed by atoms with van der Waals surface area (Å²) in [4.78, 5) is 27.0. The van der Waals surface area contributed by atoms with Gasteiger partial charge in [0.05, 0.1) is 12.2 Å². The molecule has 0 saturated heterocycles. The second-order valence-corrected chi connectivity index (χ2v) is 7.90. The van der Waals surface area contributed by atoms with Crippen LogP contribution in [0.3, 0.4) is 0 Å². The zero-order valence-corrected chi connectivity index (χ0v) is 19.4. The Balaban J connectivity index is 2.03. The average molecular weight is 442 g/mol. The molecule has 2 amide bonds. The summed E-state index contributed by atoms with van der Waals surface area (Å²) in [6.45, 7) is 9.95. The highest BCUT2D eigenvalue weighted by Gasteiger charge is 2.15. The minimum atomic E-state index is -0.354. The van der Waals surface area contributed by atoms with Crippen molar-refractivity contribution in [2.45, 2.75) is 34.1 Å². The van der Waals surface area contributed by atoms with Gasteiger partial charge in [0.2, 0.25) is 0 Å². The number of thiocarbonyl (C=S) groups is 1. The quantitative estimate of drug-likeness (QED) is 0.551. The third-order valence-electron chi connectivity index (χ3n) is 4.73. The summed E-state index contributed by atoms with van der Waals surface area (Å²) in [7, 11) is 0. The molecule has 31 heavy (non-hydrogen) atoms. The molecule has 2 rings (SSSR count). The van der Waals surface area contributed by atoms with Crippen molar-refractivity contribution in [1.82, 2.24) is 10.2 Å². The van der Waals surface area contributed by atoms with Crippen LogP contribution in [0.1, 0.15) is 54.8 Å². The van der Waals surface area contributed by atoms with Crippen molar-refractivity contribution >= 4 is 34.8 Å². The molecule has 0 heterocycles. The first-order chi connectivity index (χ1) is 14.8. The number of anilines is 1. The summed E-state index contributed by atoms with van der Waals surface area (Å²) in [6.07, 6.45) is 0.901. The van der Waals surface area contributed by atoms with E-state index in [-0.39, 0.29) is 16.9 Å². The predicted molar refractivity (Wildman–Crippen MR) is 129 cm³/mol. The fraction of sp³-hybridized carbons (Fsp3) is 0.375. The van der Waals surface area contributed by atoms with E-state index >= 15 is 0 Å². The number of para-hydroxylation sites is 1. The standard InChI is InChI=1S/C24H31N3O3S/c1-5-27(6-2)23(29)18-10-9-11-19(16-18)25-24(31)26-22(28)20-12-7-8-13-21(20)30-15-14-17(3)4/h7-13,16-17H,5-6,14-15H2,1-4H3,(H2,25,26,28,31). The van der Waals surface area contributed by atoms with Crippen LogP contribution in [0.5, 0.6) is 5.75 Å². The molecular weight excluding hydrogens is 410 g/mol. The lowest BCUT2D eigenvalue weighted by atomic mass is 10.1. The number of amides is 2. The smallest absolute Gasteiger partial charge is 0.261 e. The van der Waals surface area contributed by atoms with Gasteiger partial charge in [0.15, 0.2) is 5.11 Å². The van der Waals surface area contributed by atoms with Crippen molar-refractivity contribution in [3.63, 3.8) is 0 Å². The maximum atomic E-state index is 12.7. The van der Waals surface area contributed by atoms with E-state index in [1.165, 1.54) is 0 Å². The fourth-order valence-corrected chi connectivity index (χ4v) is 3.15. The molecule has 2 N–H and O–H groups in total. The lowest BCUT2D eigenvalue weighted by Crippen LogP contribution is -2.34. The van der Waals surface area contributed by atoms with Crippen LogP contribution in [0.2, 0.25) is 0 Å². The Morgan fingerprint density at radius 3 is 2.45 bits per heavy atom. The molecule has 166 valence electrons. The zero-order valence-electron chi connectivity index (χ0n) is 18.6. The number of hydrogen-bond donors (Lipinski definition) is 2. The normalized spacial score (nSPS) is 10.5. The summed E-state index contributed by atoms with van der Waals surface area (Å²) in [5.41, 5.74) is 1.61. The molecule has 0 spiro atoms. The molecule has 0 saturated carbocycles. The first-order valence-corrected chi connectivity index (χ1v) is 11.0. The number of carbonyl (C=O) groups is 2. The topological polar surface area (TPSA) is 70.7 Å². The number of rotatable bonds is 9. The lowest BCUT2D eigenvalue weighted by molar-refractivity contribution is 0.0772. The first kappa shape index (κ1) is 24.3. The van der Waals surface area contributed by atoms with Gasteiger partial charge in [0.25, 0.3) is 11.8 Å². The van der Waals surface area contributed by atoms with E-state index in [1.807, 2.05) is 19.9 Å². The second-order valence-electron chi connectivity index (χ2n) is 7.49. The summed E-state index contributed by atoms with van der Waals surface area (Å²) >= 11 is 5.30. The number of ether oxygens (including phenoxy) is 1. The van der Waals surface area contributed by atoms with E-state index < -0.39 is 0 Å². The van der Waals surface area contributed by atoms with Gasteiger partial charge in [-0.25, -0.2) is 0 Å². The minimum Gasteiger partial charge on any atom is -0.493 e. The second kappa shape index (κ2) is 12.1. The van der Waals surface area contributed by atoms with Crippen LogP contribution < -0.4 is 15.4 Å². The monoisotopic (exact) mass is 441 g/mol. The summed E-state index contributed by atoms with van der Waals surface area (Å²) in [6, 6.07) is 14.1. The SMILES string of the molecule is CCN(CC)C(=O)c1cccc(NC(=S)NC(=O)c2ccccc2OCCC(C)C)c1. The third-order valence-corrected chi connectivity index (χ3v) is 4.93. The Morgan fingerprint density at radius 1 is 1.06 bits per heavy atom. The van der Waals surface area contributed by atoms with Crippen LogP contribution in [0.15, 0.2) is 48.5 Å². The van der Waals surface area contributed by atoms with Crippen LogP contribution in [-0.2, 0) is 0 Å². The third kappa shape index (κ3) is 7.36. The van der Waals surface area contributed by atoms with Gasteiger partial charge in [-0.1, -0.05) is 32.0 Å². The van der Waals surface area contributed by atoms with Gasteiger partial charge in [-0.15, -0.1) is 0 Å². The maximum Gasteiger partial charge on any atom is 0.261 e. The molecular formula is C24H31N3O3S. The van der Waals surface area contributed by atoms with Crippen LogP contribution in [0, 0.1) is 5.92 Å². The number of benzene rings is 2. The average Bonchev–Trinajstić information content (AvgIpc) is 2.74. The van der Waals surface area contributed by atoms with Crippen molar-refractivity contribution in [3.8, 4) is 5.75 Å². The molecule has 0 bridgehead atoms. The van der Waals surface area contributed by atoms with E-state index in [0.29, 0.717) is 48.2 Å². The first-order valence-electron chi connectivity index (χ1n) is 10.6. The number of nitrogens with one attached hydrogen (secondary N) is 2. The van der Waals surface area contributed by atoms with Crippen molar-refractivity contribution in [2.24, 2.45) is 5.92 Å². The van der Waals surface area contributed by atoms with E-state index in [9.17, 15) is 9.59 Å².